The first kappa shape index (κ1) is 12.9. The van der Waals surface area contributed by atoms with Gasteiger partial charge >= 0.3 is 0 Å². The molecule has 0 bridgehead atoms. The standard InChI is InChI=1S/C14H10Cl2N2/c15-12-1-2-13(14(16)8-12)11(9-17)7-10-3-5-18-6-4-10/h1-6,8,11H,7H2. The Hall–Kier alpha value is -1.56. The molecule has 2 nitrogen and oxygen atoms in total. The predicted octanol–water partition coefficient (Wildman–Crippen LogP) is 4.24. The van der Waals surface area contributed by atoms with Crippen LogP contribution in [0, 0.1) is 11.3 Å². The number of hydrogen-bond donors (Lipinski definition) is 0. The van der Waals surface area contributed by atoms with Crippen LogP contribution in [0.1, 0.15) is 17.0 Å². The summed E-state index contributed by atoms with van der Waals surface area (Å²) in [6.07, 6.45) is 4.04. The molecule has 0 N–H and O–H groups in total. The summed E-state index contributed by atoms with van der Waals surface area (Å²) < 4.78 is 0. The zero-order valence-electron chi connectivity index (χ0n) is 9.48. The molecule has 18 heavy (non-hydrogen) atoms. The van der Waals surface area contributed by atoms with Crippen LogP contribution >= 0.6 is 23.2 Å². The van der Waals surface area contributed by atoms with E-state index < -0.39 is 0 Å². The SMILES string of the molecule is N#CC(Cc1ccncc1)c1ccc(Cl)cc1Cl. The first-order valence-electron chi connectivity index (χ1n) is 5.44. The van der Waals surface area contributed by atoms with Crippen molar-refractivity contribution in [2.75, 3.05) is 0 Å². The number of rotatable bonds is 3. The quantitative estimate of drug-likeness (QED) is 0.841. The Morgan fingerprint density at radius 1 is 1.17 bits per heavy atom. The van der Waals surface area contributed by atoms with Gasteiger partial charge in [-0.25, -0.2) is 0 Å². The van der Waals surface area contributed by atoms with Crippen molar-refractivity contribution in [3.8, 4) is 6.07 Å². The van der Waals surface area contributed by atoms with Crippen LogP contribution in [0.15, 0.2) is 42.7 Å². The third-order valence-electron chi connectivity index (χ3n) is 2.68. The number of nitrogens with zero attached hydrogens (tertiary/aromatic N) is 2. The number of nitriles is 1. The second-order valence-electron chi connectivity index (χ2n) is 3.91. The zero-order chi connectivity index (χ0) is 13.0. The molecule has 4 heteroatoms. The summed E-state index contributed by atoms with van der Waals surface area (Å²) in [5.41, 5.74) is 1.86. The van der Waals surface area contributed by atoms with Gasteiger partial charge in [0.15, 0.2) is 0 Å². The molecule has 0 amide bonds. The van der Waals surface area contributed by atoms with E-state index >= 15 is 0 Å². The van der Waals surface area contributed by atoms with Crippen LogP contribution in [0.5, 0.6) is 0 Å². The smallest absolute Gasteiger partial charge is 0.0767 e. The molecule has 1 heterocycles. The van der Waals surface area contributed by atoms with Gasteiger partial charge in [0.2, 0.25) is 0 Å². The van der Waals surface area contributed by atoms with E-state index in [1.807, 2.05) is 12.1 Å². The van der Waals surface area contributed by atoms with E-state index in [2.05, 4.69) is 11.1 Å². The summed E-state index contributed by atoms with van der Waals surface area (Å²) in [6.45, 7) is 0. The van der Waals surface area contributed by atoms with Crippen molar-refractivity contribution in [3.05, 3.63) is 63.9 Å². The highest BCUT2D eigenvalue weighted by molar-refractivity contribution is 6.35. The van der Waals surface area contributed by atoms with Crippen LogP contribution in [0.25, 0.3) is 0 Å². The minimum Gasteiger partial charge on any atom is -0.265 e. The Balaban J connectivity index is 2.27. The minimum atomic E-state index is -0.280. The van der Waals surface area contributed by atoms with E-state index in [1.165, 1.54) is 0 Å². The van der Waals surface area contributed by atoms with E-state index in [0.717, 1.165) is 11.1 Å². The number of aromatic nitrogens is 1. The maximum Gasteiger partial charge on any atom is 0.0767 e. The molecule has 0 aliphatic carbocycles. The average molecular weight is 277 g/mol. The number of benzene rings is 1. The first-order valence-corrected chi connectivity index (χ1v) is 6.20. The molecule has 1 unspecified atom stereocenters. The topological polar surface area (TPSA) is 36.7 Å². The van der Waals surface area contributed by atoms with Gasteiger partial charge in [-0.05, 0) is 41.8 Å². The molecule has 0 aliphatic heterocycles. The fourth-order valence-corrected chi connectivity index (χ4v) is 2.30. The van der Waals surface area contributed by atoms with E-state index in [0.29, 0.717) is 16.5 Å². The summed E-state index contributed by atoms with van der Waals surface area (Å²) in [7, 11) is 0. The van der Waals surface area contributed by atoms with Crippen molar-refractivity contribution in [1.82, 2.24) is 4.98 Å². The summed E-state index contributed by atoms with van der Waals surface area (Å²) >= 11 is 12.0. The summed E-state index contributed by atoms with van der Waals surface area (Å²) in [6, 6.07) is 11.3. The third-order valence-corrected chi connectivity index (χ3v) is 3.25. The van der Waals surface area contributed by atoms with E-state index in [4.69, 9.17) is 23.2 Å². The van der Waals surface area contributed by atoms with Gasteiger partial charge in [-0.3, -0.25) is 4.98 Å². The highest BCUT2D eigenvalue weighted by atomic mass is 35.5. The number of hydrogen-bond acceptors (Lipinski definition) is 2. The lowest BCUT2D eigenvalue weighted by atomic mass is 9.94. The van der Waals surface area contributed by atoms with Crippen molar-refractivity contribution in [2.24, 2.45) is 0 Å². The Bertz CT molecular complexity index is 576. The second-order valence-corrected chi connectivity index (χ2v) is 4.75. The Morgan fingerprint density at radius 3 is 2.50 bits per heavy atom. The molecule has 0 saturated heterocycles. The summed E-state index contributed by atoms with van der Waals surface area (Å²) in [4.78, 5) is 3.95. The monoisotopic (exact) mass is 276 g/mol. The van der Waals surface area contributed by atoms with Crippen LogP contribution < -0.4 is 0 Å². The minimum absolute atomic E-state index is 0.280. The van der Waals surface area contributed by atoms with E-state index in [1.54, 1.807) is 30.6 Å². The Kier molecular flexibility index (Phi) is 4.19. The van der Waals surface area contributed by atoms with Gasteiger partial charge in [0.1, 0.15) is 0 Å². The van der Waals surface area contributed by atoms with Gasteiger partial charge in [-0.2, -0.15) is 5.26 Å². The highest BCUT2D eigenvalue weighted by Crippen LogP contribution is 2.29. The molecule has 0 radical (unpaired) electrons. The molecule has 1 aromatic carbocycles. The van der Waals surface area contributed by atoms with Gasteiger partial charge in [0, 0.05) is 22.4 Å². The van der Waals surface area contributed by atoms with Crippen molar-refractivity contribution in [2.45, 2.75) is 12.3 Å². The van der Waals surface area contributed by atoms with Crippen molar-refractivity contribution in [1.29, 1.82) is 5.26 Å². The second kappa shape index (κ2) is 5.86. The maximum absolute atomic E-state index is 9.28. The van der Waals surface area contributed by atoms with Gasteiger partial charge in [0.05, 0.1) is 12.0 Å². The molecule has 1 atom stereocenters. The van der Waals surface area contributed by atoms with Crippen LogP contribution in [-0.4, -0.2) is 4.98 Å². The Morgan fingerprint density at radius 2 is 1.89 bits per heavy atom. The fourth-order valence-electron chi connectivity index (χ4n) is 1.76. The summed E-state index contributed by atoms with van der Waals surface area (Å²) in [5.74, 6) is -0.280. The average Bonchev–Trinajstić information content (AvgIpc) is 2.38. The molecule has 2 rings (SSSR count). The molecular formula is C14H10Cl2N2. The van der Waals surface area contributed by atoms with Gasteiger partial charge < -0.3 is 0 Å². The first-order chi connectivity index (χ1) is 8.70. The molecule has 1 aromatic heterocycles. The lowest BCUT2D eigenvalue weighted by Crippen LogP contribution is -2.01. The van der Waals surface area contributed by atoms with Crippen molar-refractivity contribution >= 4 is 23.2 Å². The highest BCUT2D eigenvalue weighted by Gasteiger charge is 2.15. The van der Waals surface area contributed by atoms with Crippen LogP contribution in [0.3, 0.4) is 0 Å². The van der Waals surface area contributed by atoms with Crippen LogP contribution in [-0.2, 0) is 6.42 Å². The van der Waals surface area contributed by atoms with Crippen molar-refractivity contribution in [3.63, 3.8) is 0 Å². The van der Waals surface area contributed by atoms with E-state index in [9.17, 15) is 5.26 Å². The Labute approximate surface area is 116 Å². The molecule has 0 spiro atoms. The maximum atomic E-state index is 9.28. The van der Waals surface area contributed by atoms with Gasteiger partial charge in [-0.15, -0.1) is 0 Å². The molecule has 0 aliphatic rings. The van der Waals surface area contributed by atoms with Crippen LogP contribution in [0.4, 0.5) is 0 Å². The molecule has 0 saturated carbocycles. The normalized spacial score (nSPS) is 11.8. The third kappa shape index (κ3) is 3.01. The summed E-state index contributed by atoms with van der Waals surface area (Å²) in [5, 5.41) is 10.4. The largest absolute Gasteiger partial charge is 0.265 e. The lowest BCUT2D eigenvalue weighted by molar-refractivity contribution is 0.847. The van der Waals surface area contributed by atoms with Gasteiger partial charge in [0.25, 0.3) is 0 Å². The molecule has 2 aromatic rings. The molecular weight excluding hydrogens is 267 g/mol. The van der Waals surface area contributed by atoms with E-state index in [-0.39, 0.29) is 5.92 Å². The lowest BCUT2D eigenvalue weighted by Gasteiger charge is -2.11. The van der Waals surface area contributed by atoms with Crippen molar-refractivity contribution < 1.29 is 0 Å². The fraction of sp³-hybridized carbons (Fsp3) is 0.143. The number of halogens is 2. The molecule has 0 fully saturated rings. The van der Waals surface area contributed by atoms with Gasteiger partial charge in [-0.1, -0.05) is 29.3 Å². The van der Waals surface area contributed by atoms with Crippen LogP contribution in [0.2, 0.25) is 10.0 Å². The number of pyridine rings is 1. The zero-order valence-corrected chi connectivity index (χ0v) is 11.0. The molecule has 90 valence electrons. The predicted molar refractivity (Wildman–Crippen MR) is 72.8 cm³/mol.